The molecule has 1 fully saturated rings. The maximum atomic E-state index is 6.46. The molecule has 5 rings (SSSR count). The van der Waals surface area contributed by atoms with Crippen molar-refractivity contribution in [2.24, 2.45) is 5.92 Å². The lowest BCUT2D eigenvalue weighted by atomic mass is 10.0. The van der Waals surface area contributed by atoms with Crippen LogP contribution < -0.4 is 0 Å². The zero-order chi connectivity index (χ0) is 16.1. The van der Waals surface area contributed by atoms with E-state index >= 15 is 0 Å². The summed E-state index contributed by atoms with van der Waals surface area (Å²) in [4.78, 5) is 8.64. The highest BCUT2D eigenvalue weighted by Crippen LogP contribution is 2.40. The van der Waals surface area contributed by atoms with Gasteiger partial charge in [-0.1, -0.05) is 17.7 Å². The fourth-order valence-electron chi connectivity index (χ4n) is 3.54. The molecular formula is C20H16ClN3. The Balaban J connectivity index is 1.92. The lowest BCUT2D eigenvalue weighted by Gasteiger charge is -2.11. The SMILES string of the molecule is Clc1cc(-c2cccnc2)c2c(c1)c1ccncc1n2CC1CC1. The largest absolute Gasteiger partial charge is 0.338 e. The minimum absolute atomic E-state index is 0.753. The molecule has 1 aliphatic carbocycles. The van der Waals surface area contributed by atoms with Crippen molar-refractivity contribution in [2.45, 2.75) is 19.4 Å². The highest BCUT2D eigenvalue weighted by Gasteiger charge is 2.25. The number of benzene rings is 1. The third-order valence-electron chi connectivity index (χ3n) is 4.84. The number of pyridine rings is 2. The van der Waals surface area contributed by atoms with Crippen molar-refractivity contribution in [1.29, 1.82) is 0 Å². The number of aromatic nitrogens is 3. The topological polar surface area (TPSA) is 30.7 Å². The van der Waals surface area contributed by atoms with Gasteiger partial charge in [-0.05, 0) is 43.0 Å². The predicted octanol–water partition coefficient (Wildman–Crippen LogP) is 5.31. The quantitative estimate of drug-likeness (QED) is 0.508. The summed E-state index contributed by atoms with van der Waals surface area (Å²) >= 11 is 6.46. The molecule has 3 heterocycles. The standard InChI is InChI=1S/C20H16ClN3/c21-15-8-17(14-2-1-6-22-10-14)20-18(9-15)16-5-7-23-11-19(16)24(20)12-13-3-4-13/h1-2,5-11,13H,3-4,12H2. The van der Waals surface area contributed by atoms with Gasteiger partial charge in [-0.15, -0.1) is 0 Å². The van der Waals surface area contributed by atoms with Crippen LogP contribution in [0.15, 0.2) is 55.1 Å². The van der Waals surface area contributed by atoms with Crippen LogP contribution in [0.2, 0.25) is 5.02 Å². The third-order valence-corrected chi connectivity index (χ3v) is 5.05. The molecule has 4 heteroatoms. The van der Waals surface area contributed by atoms with E-state index in [0.717, 1.165) is 28.6 Å². The number of hydrogen-bond donors (Lipinski definition) is 0. The molecule has 0 radical (unpaired) electrons. The Hall–Kier alpha value is -2.39. The van der Waals surface area contributed by atoms with Crippen LogP contribution >= 0.6 is 11.6 Å². The van der Waals surface area contributed by atoms with E-state index in [1.54, 1.807) is 6.20 Å². The summed E-state index contributed by atoms with van der Waals surface area (Å²) < 4.78 is 2.42. The summed E-state index contributed by atoms with van der Waals surface area (Å²) in [6.07, 6.45) is 10.2. The molecule has 0 unspecified atom stereocenters. The molecule has 1 aromatic carbocycles. The van der Waals surface area contributed by atoms with Crippen molar-refractivity contribution >= 4 is 33.4 Å². The number of fused-ring (bicyclic) bond motifs is 3. The van der Waals surface area contributed by atoms with Crippen molar-refractivity contribution in [3.8, 4) is 11.1 Å². The molecule has 0 spiro atoms. The van der Waals surface area contributed by atoms with Gasteiger partial charge in [0.15, 0.2) is 0 Å². The lowest BCUT2D eigenvalue weighted by molar-refractivity contribution is 0.664. The molecule has 0 N–H and O–H groups in total. The Bertz CT molecular complexity index is 1050. The molecule has 4 aromatic rings. The molecule has 24 heavy (non-hydrogen) atoms. The highest BCUT2D eigenvalue weighted by molar-refractivity contribution is 6.32. The molecule has 0 aliphatic heterocycles. The van der Waals surface area contributed by atoms with Gasteiger partial charge >= 0.3 is 0 Å². The molecule has 1 saturated carbocycles. The smallest absolute Gasteiger partial charge is 0.0678 e. The molecule has 3 aromatic heterocycles. The van der Waals surface area contributed by atoms with Gasteiger partial charge in [-0.3, -0.25) is 9.97 Å². The first-order valence-corrected chi connectivity index (χ1v) is 8.65. The Kier molecular flexibility index (Phi) is 3.10. The van der Waals surface area contributed by atoms with Gasteiger partial charge in [-0.2, -0.15) is 0 Å². The van der Waals surface area contributed by atoms with E-state index in [2.05, 4.69) is 38.8 Å². The monoisotopic (exact) mass is 333 g/mol. The average molecular weight is 334 g/mol. The molecular weight excluding hydrogens is 318 g/mol. The Morgan fingerprint density at radius 1 is 1.04 bits per heavy atom. The molecule has 3 nitrogen and oxygen atoms in total. The van der Waals surface area contributed by atoms with Crippen molar-refractivity contribution in [3.05, 3.63) is 60.1 Å². The maximum absolute atomic E-state index is 6.46. The van der Waals surface area contributed by atoms with Crippen molar-refractivity contribution in [3.63, 3.8) is 0 Å². The lowest BCUT2D eigenvalue weighted by Crippen LogP contribution is -2.00. The summed E-state index contributed by atoms with van der Waals surface area (Å²) in [5.74, 6) is 0.779. The van der Waals surface area contributed by atoms with Crippen LogP contribution in [0.3, 0.4) is 0 Å². The van der Waals surface area contributed by atoms with E-state index in [-0.39, 0.29) is 0 Å². The van der Waals surface area contributed by atoms with E-state index in [9.17, 15) is 0 Å². The van der Waals surface area contributed by atoms with E-state index < -0.39 is 0 Å². The minimum atomic E-state index is 0.753. The van der Waals surface area contributed by atoms with Gasteiger partial charge in [0, 0.05) is 52.1 Å². The first-order valence-electron chi connectivity index (χ1n) is 8.27. The second kappa shape index (κ2) is 5.32. The Labute approximate surface area is 144 Å². The summed E-state index contributed by atoms with van der Waals surface area (Å²) in [5, 5.41) is 3.16. The van der Waals surface area contributed by atoms with Crippen molar-refractivity contribution < 1.29 is 0 Å². The van der Waals surface area contributed by atoms with Crippen LogP contribution in [0.25, 0.3) is 32.9 Å². The fourth-order valence-corrected chi connectivity index (χ4v) is 3.75. The zero-order valence-corrected chi connectivity index (χ0v) is 13.9. The summed E-state index contributed by atoms with van der Waals surface area (Å²) in [7, 11) is 0. The van der Waals surface area contributed by atoms with E-state index in [0.29, 0.717) is 0 Å². The average Bonchev–Trinajstić information content (AvgIpc) is 3.39. The summed E-state index contributed by atoms with van der Waals surface area (Å²) in [6.45, 7) is 1.04. The minimum Gasteiger partial charge on any atom is -0.338 e. The van der Waals surface area contributed by atoms with Crippen LogP contribution in [0.4, 0.5) is 0 Å². The Morgan fingerprint density at radius 2 is 1.92 bits per heavy atom. The fraction of sp³-hybridized carbons (Fsp3) is 0.200. The molecule has 118 valence electrons. The van der Waals surface area contributed by atoms with Gasteiger partial charge in [0.25, 0.3) is 0 Å². The van der Waals surface area contributed by atoms with Crippen LogP contribution in [-0.4, -0.2) is 14.5 Å². The highest BCUT2D eigenvalue weighted by atomic mass is 35.5. The molecule has 0 saturated heterocycles. The van der Waals surface area contributed by atoms with Crippen molar-refractivity contribution in [2.75, 3.05) is 0 Å². The van der Waals surface area contributed by atoms with Gasteiger partial charge in [-0.25, -0.2) is 0 Å². The zero-order valence-electron chi connectivity index (χ0n) is 13.1. The van der Waals surface area contributed by atoms with Crippen molar-refractivity contribution in [1.82, 2.24) is 14.5 Å². The van der Waals surface area contributed by atoms with Crippen LogP contribution in [0, 0.1) is 5.92 Å². The molecule has 1 aliphatic rings. The van der Waals surface area contributed by atoms with Gasteiger partial charge in [0.1, 0.15) is 0 Å². The maximum Gasteiger partial charge on any atom is 0.0678 e. The second-order valence-electron chi connectivity index (χ2n) is 6.54. The summed E-state index contributed by atoms with van der Waals surface area (Å²) in [6, 6.07) is 10.3. The van der Waals surface area contributed by atoms with E-state index in [1.807, 2.05) is 24.7 Å². The third kappa shape index (κ3) is 2.20. The molecule has 0 atom stereocenters. The molecule has 0 amide bonds. The summed E-state index contributed by atoms with van der Waals surface area (Å²) in [5.41, 5.74) is 4.66. The van der Waals surface area contributed by atoms with Crippen LogP contribution in [0.5, 0.6) is 0 Å². The number of rotatable bonds is 3. The Morgan fingerprint density at radius 3 is 2.71 bits per heavy atom. The number of hydrogen-bond acceptors (Lipinski definition) is 2. The number of halogens is 1. The number of nitrogens with zero attached hydrogens (tertiary/aromatic N) is 3. The first-order chi connectivity index (χ1) is 11.8. The first kappa shape index (κ1) is 14.0. The second-order valence-corrected chi connectivity index (χ2v) is 6.97. The predicted molar refractivity (Wildman–Crippen MR) is 98.2 cm³/mol. The van der Waals surface area contributed by atoms with Crippen LogP contribution in [-0.2, 0) is 6.54 Å². The van der Waals surface area contributed by atoms with Gasteiger partial charge < -0.3 is 4.57 Å². The van der Waals surface area contributed by atoms with Crippen LogP contribution in [0.1, 0.15) is 12.8 Å². The van der Waals surface area contributed by atoms with E-state index in [1.165, 1.54) is 34.6 Å². The normalized spacial score (nSPS) is 14.5. The molecule has 0 bridgehead atoms. The van der Waals surface area contributed by atoms with Gasteiger partial charge in [0.05, 0.1) is 17.2 Å². The van der Waals surface area contributed by atoms with E-state index in [4.69, 9.17) is 11.6 Å². The van der Waals surface area contributed by atoms with Gasteiger partial charge in [0.2, 0.25) is 0 Å².